The van der Waals surface area contributed by atoms with Gasteiger partial charge in [0.05, 0.1) is 0 Å². The lowest BCUT2D eigenvalue weighted by molar-refractivity contribution is -0.105. The Morgan fingerprint density at radius 3 is 2.20 bits per heavy atom. The van der Waals surface area contributed by atoms with Gasteiger partial charge in [0.1, 0.15) is 6.29 Å². The van der Waals surface area contributed by atoms with Crippen molar-refractivity contribution >= 4 is 6.29 Å². The summed E-state index contributed by atoms with van der Waals surface area (Å²) in [6.45, 7) is 4.40. The zero-order chi connectivity index (χ0) is 11.4. The number of rotatable bonds is 10. The molecule has 0 amide bonds. The van der Waals surface area contributed by atoms with Gasteiger partial charge in [-0.2, -0.15) is 0 Å². The predicted octanol–water partition coefficient (Wildman–Crippen LogP) is 4.66. The van der Waals surface area contributed by atoms with Crippen LogP contribution < -0.4 is 0 Å². The van der Waals surface area contributed by atoms with E-state index in [1.54, 1.807) is 0 Å². The molecule has 0 aromatic heterocycles. The molecule has 0 atom stereocenters. The lowest BCUT2D eigenvalue weighted by atomic mass is 10.1. The van der Waals surface area contributed by atoms with Gasteiger partial charge in [0, 0.05) is 0 Å². The van der Waals surface area contributed by atoms with Crippen LogP contribution >= 0.6 is 0 Å². The Hall–Kier alpha value is -0.590. The lowest BCUT2D eigenvalue weighted by Crippen LogP contribution is -1.87. The van der Waals surface area contributed by atoms with Crippen LogP contribution in [0, 0.1) is 0 Å². The van der Waals surface area contributed by atoms with E-state index in [-0.39, 0.29) is 0 Å². The van der Waals surface area contributed by atoms with Gasteiger partial charge in [-0.15, -0.1) is 0 Å². The van der Waals surface area contributed by atoms with E-state index < -0.39 is 0 Å². The molecular formula is C14H26O. The quantitative estimate of drug-likeness (QED) is 0.291. The van der Waals surface area contributed by atoms with E-state index in [1.165, 1.54) is 44.9 Å². The monoisotopic (exact) mass is 210 g/mol. The number of hydrogen-bond donors (Lipinski definition) is 0. The Morgan fingerprint density at radius 1 is 0.933 bits per heavy atom. The van der Waals surface area contributed by atoms with Crippen LogP contribution in [0.15, 0.2) is 11.6 Å². The first-order chi connectivity index (χ1) is 7.35. The van der Waals surface area contributed by atoms with Crippen molar-refractivity contribution in [2.24, 2.45) is 0 Å². The third kappa shape index (κ3) is 9.71. The van der Waals surface area contributed by atoms with Crippen molar-refractivity contribution in [1.29, 1.82) is 0 Å². The maximum atomic E-state index is 10.8. The van der Waals surface area contributed by atoms with Crippen LogP contribution in [-0.4, -0.2) is 6.29 Å². The Kier molecular flexibility index (Phi) is 11.0. The molecule has 0 rings (SSSR count). The second-order valence-electron chi connectivity index (χ2n) is 4.20. The van der Waals surface area contributed by atoms with E-state index in [1.807, 2.05) is 0 Å². The van der Waals surface area contributed by atoms with E-state index >= 15 is 0 Å². The molecule has 0 radical (unpaired) electrons. The molecule has 0 spiro atoms. The molecule has 0 aromatic carbocycles. The first-order valence-corrected chi connectivity index (χ1v) is 6.49. The van der Waals surface area contributed by atoms with E-state index in [0.29, 0.717) is 0 Å². The van der Waals surface area contributed by atoms with Gasteiger partial charge in [-0.3, -0.25) is 4.79 Å². The first-order valence-electron chi connectivity index (χ1n) is 6.49. The van der Waals surface area contributed by atoms with Crippen LogP contribution in [0.3, 0.4) is 0 Å². The minimum atomic E-state index is 0.983. The van der Waals surface area contributed by atoms with E-state index in [0.717, 1.165) is 24.7 Å². The summed E-state index contributed by atoms with van der Waals surface area (Å²) in [7, 11) is 0. The third-order valence-corrected chi connectivity index (χ3v) is 2.68. The highest BCUT2D eigenvalue weighted by atomic mass is 16.1. The largest absolute Gasteiger partial charge is 0.298 e. The van der Waals surface area contributed by atoms with Crippen LogP contribution in [0.5, 0.6) is 0 Å². The van der Waals surface area contributed by atoms with Crippen molar-refractivity contribution in [3.8, 4) is 0 Å². The first kappa shape index (κ1) is 14.4. The normalized spacial score (nSPS) is 11.7. The molecule has 0 fully saturated rings. The van der Waals surface area contributed by atoms with Gasteiger partial charge in [0.25, 0.3) is 0 Å². The van der Waals surface area contributed by atoms with Gasteiger partial charge in [-0.25, -0.2) is 0 Å². The molecule has 0 heterocycles. The van der Waals surface area contributed by atoms with Crippen LogP contribution in [0.25, 0.3) is 0 Å². The number of unbranched alkanes of at least 4 members (excludes halogenated alkanes) is 6. The predicted molar refractivity (Wildman–Crippen MR) is 67.0 cm³/mol. The van der Waals surface area contributed by atoms with E-state index in [4.69, 9.17) is 0 Å². The molecule has 0 bridgehead atoms. The highest BCUT2D eigenvalue weighted by molar-refractivity contribution is 5.72. The topological polar surface area (TPSA) is 17.1 Å². The molecule has 0 aromatic rings. The molecule has 0 saturated heterocycles. The van der Waals surface area contributed by atoms with Gasteiger partial charge in [-0.05, 0) is 24.8 Å². The van der Waals surface area contributed by atoms with Crippen LogP contribution in [0.2, 0.25) is 0 Å². The van der Waals surface area contributed by atoms with E-state index in [9.17, 15) is 4.79 Å². The molecule has 0 N–H and O–H groups in total. The van der Waals surface area contributed by atoms with Crippen molar-refractivity contribution in [1.82, 2.24) is 0 Å². The van der Waals surface area contributed by atoms with Crippen molar-refractivity contribution < 1.29 is 4.79 Å². The van der Waals surface area contributed by atoms with Crippen LogP contribution in [0.4, 0.5) is 0 Å². The Labute approximate surface area is 95.0 Å². The van der Waals surface area contributed by atoms with Crippen molar-refractivity contribution in [3.05, 3.63) is 11.6 Å². The highest BCUT2D eigenvalue weighted by Crippen LogP contribution is 2.11. The molecule has 1 heteroatoms. The molecule has 0 aliphatic heterocycles. The summed E-state index contributed by atoms with van der Waals surface area (Å²) in [4.78, 5) is 10.8. The summed E-state index contributed by atoms with van der Waals surface area (Å²) < 4.78 is 0. The summed E-state index contributed by atoms with van der Waals surface area (Å²) in [5.41, 5.74) is 1.01. The van der Waals surface area contributed by atoms with Gasteiger partial charge in [0.2, 0.25) is 0 Å². The third-order valence-electron chi connectivity index (χ3n) is 2.68. The second-order valence-corrected chi connectivity index (χ2v) is 4.20. The Morgan fingerprint density at radius 2 is 1.60 bits per heavy atom. The standard InChI is InChI=1S/C14H26O/c1-3-5-7-8-10-12-14(13-15)11-9-6-4-2/h11,13H,3-10,12H2,1-2H3/b14-11-. The van der Waals surface area contributed by atoms with Crippen molar-refractivity contribution in [2.75, 3.05) is 0 Å². The summed E-state index contributed by atoms with van der Waals surface area (Å²) >= 11 is 0. The number of carbonyl (C=O) groups excluding carboxylic acids is 1. The summed E-state index contributed by atoms with van der Waals surface area (Å²) in [6, 6.07) is 0. The molecule has 0 saturated carbocycles. The molecule has 1 nitrogen and oxygen atoms in total. The minimum Gasteiger partial charge on any atom is -0.298 e. The fourth-order valence-electron chi connectivity index (χ4n) is 1.63. The number of allylic oxidation sites excluding steroid dienone is 2. The number of aldehydes is 1. The molecular weight excluding hydrogens is 184 g/mol. The maximum Gasteiger partial charge on any atom is 0.145 e. The fraction of sp³-hybridized carbons (Fsp3) is 0.786. The Balaban J connectivity index is 3.51. The SMILES string of the molecule is CCCC/C=C(\C=O)CCCCCCC. The summed E-state index contributed by atoms with van der Waals surface area (Å²) in [5, 5.41) is 0. The maximum absolute atomic E-state index is 10.8. The zero-order valence-corrected chi connectivity index (χ0v) is 10.4. The molecule has 15 heavy (non-hydrogen) atoms. The average Bonchev–Trinajstić information content (AvgIpc) is 2.26. The number of hydrogen-bond acceptors (Lipinski definition) is 1. The fourth-order valence-corrected chi connectivity index (χ4v) is 1.63. The highest BCUT2D eigenvalue weighted by Gasteiger charge is 1.95. The van der Waals surface area contributed by atoms with Gasteiger partial charge >= 0.3 is 0 Å². The molecule has 88 valence electrons. The van der Waals surface area contributed by atoms with Crippen molar-refractivity contribution in [3.63, 3.8) is 0 Å². The number of carbonyl (C=O) groups is 1. The van der Waals surface area contributed by atoms with Gasteiger partial charge < -0.3 is 0 Å². The van der Waals surface area contributed by atoms with Gasteiger partial charge in [0.15, 0.2) is 0 Å². The van der Waals surface area contributed by atoms with Crippen molar-refractivity contribution in [2.45, 2.75) is 71.6 Å². The summed E-state index contributed by atoms with van der Waals surface area (Å²) in [6.07, 6.45) is 14.0. The van der Waals surface area contributed by atoms with Crippen LogP contribution in [0.1, 0.15) is 71.6 Å². The van der Waals surface area contributed by atoms with E-state index in [2.05, 4.69) is 19.9 Å². The Bertz CT molecular complexity index is 170. The molecule has 0 unspecified atom stereocenters. The van der Waals surface area contributed by atoms with Gasteiger partial charge in [-0.1, -0.05) is 58.4 Å². The lowest BCUT2D eigenvalue weighted by Gasteiger charge is -2.00. The zero-order valence-electron chi connectivity index (χ0n) is 10.4. The van der Waals surface area contributed by atoms with Crippen LogP contribution in [-0.2, 0) is 4.79 Å². The summed E-state index contributed by atoms with van der Waals surface area (Å²) in [5.74, 6) is 0. The molecule has 0 aliphatic carbocycles. The molecule has 0 aliphatic rings. The average molecular weight is 210 g/mol. The second kappa shape index (κ2) is 11.5. The smallest absolute Gasteiger partial charge is 0.145 e. The minimum absolute atomic E-state index is 0.983.